The molecule has 1 aliphatic heterocycles. The molecule has 0 aromatic heterocycles. The number of ether oxygens (including phenoxy) is 1. The number of piperidine rings is 1. The second-order valence-corrected chi connectivity index (χ2v) is 7.19. The van der Waals surface area contributed by atoms with Crippen molar-refractivity contribution in [2.24, 2.45) is 5.73 Å². The van der Waals surface area contributed by atoms with Crippen molar-refractivity contribution in [2.45, 2.75) is 62.6 Å². The number of halogens is 2. The number of benzene rings is 1. The minimum absolute atomic E-state index is 0.0383. The largest absolute Gasteiger partial charge is 0.376 e. The number of rotatable bonds is 5. The Morgan fingerprint density at radius 3 is 2.64 bits per heavy atom. The Bertz CT molecular complexity index is 591. The standard InChI is InChI=1S/C19H26F2N2O2/c20-14-5-8-16(17(21)10-14)13-3-6-15(7-4-13)25-11-19-18(22)2-1-9-23(19)12-24/h5,8,10,12-13,15,18-19H,1-4,6-7,9,11,22H2/t13-,15+,18-,19-/m0/s1. The lowest BCUT2D eigenvalue weighted by atomic mass is 9.82. The van der Waals surface area contributed by atoms with E-state index in [0.717, 1.165) is 57.5 Å². The van der Waals surface area contributed by atoms with Crippen LogP contribution in [0.1, 0.15) is 50.0 Å². The van der Waals surface area contributed by atoms with Crippen molar-refractivity contribution >= 4 is 6.41 Å². The van der Waals surface area contributed by atoms with Gasteiger partial charge in [0.15, 0.2) is 0 Å². The van der Waals surface area contributed by atoms with E-state index in [1.165, 1.54) is 6.07 Å². The highest BCUT2D eigenvalue weighted by atomic mass is 19.1. The van der Waals surface area contributed by atoms with E-state index in [2.05, 4.69) is 0 Å². The van der Waals surface area contributed by atoms with E-state index >= 15 is 0 Å². The van der Waals surface area contributed by atoms with Crippen molar-refractivity contribution in [3.8, 4) is 0 Å². The molecule has 0 radical (unpaired) electrons. The highest BCUT2D eigenvalue weighted by molar-refractivity contribution is 5.48. The molecular weight excluding hydrogens is 326 g/mol. The van der Waals surface area contributed by atoms with E-state index < -0.39 is 11.6 Å². The van der Waals surface area contributed by atoms with Gasteiger partial charge >= 0.3 is 0 Å². The first-order chi connectivity index (χ1) is 12.1. The lowest BCUT2D eigenvalue weighted by molar-refractivity contribution is -0.124. The zero-order valence-electron chi connectivity index (χ0n) is 14.4. The average Bonchev–Trinajstić information content (AvgIpc) is 2.61. The van der Waals surface area contributed by atoms with Gasteiger partial charge < -0.3 is 15.4 Å². The number of carbonyl (C=O) groups is 1. The average molecular weight is 352 g/mol. The van der Waals surface area contributed by atoms with Crippen molar-refractivity contribution in [2.75, 3.05) is 13.2 Å². The van der Waals surface area contributed by atoms with Crippen LogP contribution >= 0.6 is 0 Å². The van der Waals surface area contributed by atoms with Crippen LogP contribution in [-0.4, -0.2) is 42.6 Å². The maximum Gasteiger partial charge on any atom is 0.210 e. The van der Waals surface area contributed by atoms with Crippen LogP contribution in [0.25, 0.3) is 0 Å². The summed E-state index contributed by atoms with van der Waals surface area (Å²) < 4.78 is 33.0. The van der Waals surface area contributed by atoms with E-state index in [-0.39, 0.29) is 24.1 Å². The first kappa shape index (κ1) is 18.3. The molecule has 4 nitrogen and oxygen atoms in total. The Hall–Kier alpha value is -1.53. The molecular formula is C19H26F2N2O2. The summed E-state index contributed by atoms with van der Waals surface area (Å²) in [7, 11) is 0. The summed E-state index contributed by atoms with van der Waals surface area (Å²) in [6, 6.07) is 3.73. The molecule has 25 heavy (non-hydrogen) atoms. The Morgan fingerprint density at radius 2 is 1.96 bits per heavy atom. The molecule has 1 aliphatic carbocycles. The summed E-state index contributed by atoms with van der Waals surface area (Å²) in [5, 5.41) is 0. The Morgan fingerprint density at radius 1 is 1.20 bits per heavy atom. The summed E-state index contributed by atoms with van der Waals surface area (Å²) in [5.74, 6) is -0.884. The van der Waals surface area contributed by atoms with E-state index in [4.69, 9.17) is 10.5 Å². The third-order valence-electron chi connectivity index (χ3n) is 5.59. The molecule has 2 fully saturated rings. The Labute approximate surface area is 147 Å². The lowest BCUT2D eigenvalue weighted by Gasteiger charge is -2.38. The second kappa shape index (κ2) is 8.23. The van der Waals surface area contributed by atoms with Crippen LogP contribution in [0.15, 0.2) is 18.2 Å². The zero-order chi connectivity index (χ0) is 17.8. The highest BCUT2D eigenvalue weighted by Gasteiger charge is 2.30. The molecule has 0 bridgehead atoms. The maximum absolute atomic E-state index is 13.9. The predicted molar refractivity (Wildman–Crippen MR) is 91.1 cm³/mol. The van der Waals surface area contributed by atoms with Crippen molar-refractivity contribution in [1.29, 1.82) is 0 Å². The molecule has 1 amide bonds. The number of nitrogens with two attached hydrogens (primary N) is 1. The molecule has 3 rings (SSSR count). The van der Waals surface area contributed by atoms with Gasteiger partial charge in [0, 0.05) is 18.7 Å². The van der Waals surface area contributed by atoms with Crippen LogP contribution in [0.3, 0.4) is 0 Å². The molecule has 1 aromatic rings. The fourth-order valence-corrected chi connectivity index (χ4v) is 4.07. The third-order valence-corrected chi connectivity index (χ3v) is 5.59. The van der Waals surface area contributed by atoms with Gasteiger partial charge in [0.25, 0.3) is 0 Å². The summed E-state index contributed by atoms with van der Waals surface area (Å²) in [4.78, 5) is 12.9. The number of hydrogen-bond acceptors (Lipinski definition) is 3. The van der Waals surface area contributed by atoms with Gasteiger partial charge in [0.05, 0.1) is 18.8 Å². The van der Waals surface area contributed by atoms with Gasteiger partial charge in [-0.15, -0.1) is 0 Å². The zero-order valence-corrected chi connectivity index (χ0v) is 14.4. The summed E-state index contributed by atoms with van der Waals surface area (Å²) in [6.07, 6.45) is 6.14. The second-order valence-electron chi connectivity index (χ2n) is 7.19. The fraction of sp³-hybridized carbons (Fsp3) is 0.632. The number of amides is 1. The first-order valence-electron chi connectivity index (χ1n) is 9.11. The lowest BCUT2D eigenvalue weighted by Crippen LogP contribution is -2.54. The van der Waals surface area contributed by atoms with Gasteiger partial charge in [-0.25, -0.2) is 8.78 Å². The Kier molecular flexibility index (Phi) is 6.02. The van der Waals surface area contributed by atoms with Gasteiger partial charge in [-0.1, -0.05) is 6.07 Å². The van der Waals surface area contributed by atoms with Crippen molar-refractivity contribution in [3.63, 3.8) is 0 Å². The fourth-order valence-electron chi connectivity index (χ4n) is 4.07. The quantitative estimate of drug-likeness (QED) is 0.829. The number of carbonyl (C=O) groups excluding carboxylic acids is 1. The summed E-state index contributed by atoms with van der Waals surface area (Å²) in [5.41, 5.74) is 6.73. The van der Waals surface area contributed by atoms with E-state index in [1.54, 1.807) is 11.0 Å². The van der Waals surface area contributed by atoms with Crippen LogP contribution in [0.5, 0.6) is 0 Å². The summed E-state index contributed by atoms with van der Waals surface area (Å²) >= 11 is 0. The molecule has 2 N–H and O–H groups in total. The Balaban J connectivity index is 1.50. The molecule has 0 unspecified atom stereocenters. The van der Waals surface area contributed by atoms with Crippen molar-refractivity contribution in [1.82, 2.24) is 4.90 Å². The van der Waals surface area contributed by atoms with Gasteiger partial charge in [0.2, 0.25) is 6.41 Å². The normalized spacial score (nSPS) is 30.3. The molecule has 2 aliphatic rings. The monoisotopic (exact) mass is 352 g/mol. The van der Waals surface area contributed by atoms with E-state index in [0.29, 0.717) is 12.2 Å². The highest BCUT2D eigenvalue weighted by Crippen LogP contribution is 2.35. The molecule has 1 saturated heterocycles. The van der Waals surface area contributed by atoms with Gasteiger partial charge in [-0.05, 0) is 56.1 Å². The van der Waals surface area contributed by atoms with Crippen LogP contribution in [0.2, 0.25) is 0 Å². The first-order valence-corrected chi connectivity index (χ1v) is 9.11. The molecule has 138 valence electrons. The van der Waals surface area contributed by atoms with Crippen LogP contribution in [-0.2, 0) is 9.53 Å². The van der Waals surface area contributed by atoms with E-state index in [9.17, 15) is 13.6 Å². The van der Waals surface area contributed by atoms with Crippen LogP contribution in [0, 0.1) is 11.6 Å². The smallest absolute Gasteiger partial charge is 0.210 e. The molecule has 1 heterocycles. The molecule has 0 spiro atoms. The van der Waals surface area contributed by atoms with Gasteiger partial charge in [-0.2, -0.15) is 0 Å². The minimum Gasteiger partial charge on any atom is -0.376 e. The van der Waals surface area contributed by atoms with Gasteiger partial charge in [0.1, 0.15) is 11.6 Å². The van der Waals surface area contributed by atoms with Gasteiger partial charge in [-0.3, -0.25) is 4.79 Å². The maximum atomic E-state index is 13.9. The molecule has 1 aromatic carbocycles. The molecule has 6 heteroatoms. The predicted octanol–water partition coefficient (Wildman–Crippen LogP) is 2.96. The molecule has 1 saturated carbocycles. The summed E-state index contributed by atoms with van der Waals surface area (Å²) in [6.45, 7) is 1.20. The van der Waals surface area contributed by atoms with Crippen LogP contribution < -0.4 is 5.73 Å². The van der Waals surface area contributed by atoms with Crippen molar-refractivity contribution in [3.05, 3.63) is 35.4 Å². The number of likely N-dealkylation sites (tertiary alicyclic amines) is 1. The van der Waals surface area contributed by atoms with Crippen molar-refractivity contribution < 1.29 is 18.3 Å². The van der Waals surface area contributed by atoms with E-state index in [1.807, 2.05) is 0 Å². The SMILES string of the molecule is N[C@H]1CCCN(C=O)[C@H]1CO[C@H]1CC[C@@H](c2ccc(F)cc2F)CC1. The molecule has 2 atom stereocenters. The van der Waals surface area contributed by atoms with Crippen LogP contribution in [0.4, 0.5) is 8.78 Å². The minimum atomic E-state index is -0.540. The number of hydrogen-bond donors (Lipinski definition) is 1. The topological polar surface area (TPSA) is 55.6 Å². The number of nitrogens with zero attached hydrogens (tertiary/aromatic N) is 1. The third kappa shape index (κ3) is 4.36.